The fourth-order valence-corrected chi connectivity index (χ4v) is 4.51. The van der Waals surface area contributed by atoms with Gasteiger partial charge in [0.05, 0.1) is 6.10 Å². The molecule has 2 heteroatoms. The first kappa shape index (κ1) is 12.9. The molecule has 1 N–H and O–H groups in total. The Balaban J connectivity index is 1.58. The summed E-state index contributed by atoms with van der Waals surface area (Å²) in [6.07, 6.45) is 11.8. The largest absolute Gasteiger partial charge is 0.378 e. The lowest BCUT2D eigenvalue weighted by molar-refractivity contribution is -0.134. The van der Waals surface area contributed by atoms with E-state index in [4.69, 9.17) is 4.74 Å². The third-order valence-electron chi connectivity index (χ3n) is 6.01. The maximum atomic E-state index is 5.99. The van der Waals surface area contributed by atoms with Gasteiger partial charge in [0.25, 0.3) is 0 Å². The average Bonchev–Trinajstić information content (AvgIpc) is 2.77. The maximum Gasteiger partial charge on any atom is 0.0661 e. The molecular formula is C16H29NO. The lowest BCUT2D eigenvalue weighted by atomic mass is 9.60. The van der Waals surface area contributed by atoms with Crippen molar-refractivity contribution < 1.29 is 4.74 Å². The summed E-state index contributed by atoms with van der Waals surface area (Å²) >= 11 is 0. The number of nitrogens with one attached hydrogen (secondary N) is 1. The van der Waals surface area contributed by atoms with Crippen LogP contribution < -0.4 is 5.32 Å². The second-order valence-corrected chi connectivity index (χ2v) is 6.82. The van der Waals surface area contributed by atoms with Crippen molar-refractivity contribution >= 4 is 0 Å². The lowest BCUT2D eigenvalue weighted by Crippen LogP contribution is -2.65. The minimum absolute atomic E-state index is 0.508. The first-order valence-corrected chi connectivity index (χ1v) is 8.14. The zero-order valence-electron chi connectivity index (χ0n) is 12.1. The van der Waals surface area contributed by atoms with Crippen LogP contribution in [0.2, 0.25) is 0 Å². The molecule has 3 aliphatic rings. The molecule has 0 aromatic rings. The second-order valence-electron chi connectivity index (χ2n) is 6.82. The van der Waals surface area contributed by atoms with E-state index < -0.39 is 0 Å². The summed E-state index contributed by atoms with van der Waals surface area (Å²) in [4.78, 5) is 0. The average molecular weight is 251 g/mol. The smallest absolute Gasteiger partial charge is 0.0661 e. The number of ether oxygens (including phenoxy) is 1. The van der Waals surface area contributed by atoms with Gasteiger partial charge in [-0.15, -0.1) is 0 Å². The molecule has 0 aromatic carbocycles. The highest BCUT2D eigenvalue weighted by Crippen LogP contribution is 2.55. The topological polar surface area (TPSA) is 21.3 Å². The predicted molar refractivity (Wildman–Crippen MR) is 74.7 cm³/mol. The zero-order chi connectivity index (χ0) is 12.6. The molecule has 0 radical (unpaired) electrons. The van der Waals surface area contributed by atoms with Gasteiger partial charge in [-0.1, -0.05) is 19.3 Å². The highest BCUT2D eigenvalue weighted by atomic mass is 16.5. The van der Waals surface area contributed by atoms with Gasteiger partial charge in [0.2, 0.25) is 0 Å². The van der Waals surface area contributed by atoms with Gasteiger partial charge < -0.3 is 10.1 Å². The molecule has 3 unspecified atom stereocenters. The number of rotatable bonds is 5. The van der Waals surface area contributed by atoms with Gasteiger partial charge in [-0.25, -0.2) is 0 Å². The van der Waals surface area contributed by atoms with E-state index in [-0.39, 0.29) is 0 Å². The number of hydrogen-bond donors (Lipinski definition) is 1. The number of hydrogen-bond acceptors (Lipinski definition) is 2. The Morgan fingerprint density at radius 3 is 2.50 bits per heavy atom. The van der Waals surface area contributed by atoms with E-state index >= 15 is 0 Å². The Hall–Kier alpha value is -0.0800. The van der Waals surface area contributed by atoms with Crippen LogP contribution in [0.3, 0.4) is 0 Å². The van der Waals surface area contributed by atoms with E-state index in [0.29, 0.717) is 11.5 Å². The molecule has 2 nitrogen and oxygen atoms in total. The predicted octanol–water partition coefficient (Wildman–Crippen LogP) is 3.50. The van der Waals surface area contributed by atoms with Crippen LogP contribution >= 0.6 is 0 Å². The van der Waals surface area contributed by atoms with Crippen LogP contribution in [0, 0.1) is 11.3 Å². The minimum Gasteiger partial charge on any atom is -0.378 e. The quantitative estimate of drug-likeness (QED) is 0.807. The highest BCUT2D eigenvalue weighted by Gasteiger charge is 2.56. The van der Waals surface area contributed by atoms with Crippen LogP contribution in [0.15, 0.2) is 0 Å². The van der Waals surface area contributed by atoms with Crippen molar-refractivity contribution in [3.05, 3.63) is 0 Å². The van der Waals surface area contributed by atoms with E-state index in [1.54, 1.807) is 0 Å². The van der Waals surface area contributed by atoms with Gasteiger partial charge >= 0.3 is 0 Å². The van der Waals surface area contributed by atoms with Gasteiger partial charge in [-0.3, -0.25) is 0 Å². The molecule has 3 rings (SSSR count). The summed E-state index contributed by atoms with van der Waals surface area (Å²) in [6, 6.07) is 1.47. The van der Waals surface area contributed by atoms with Gasteiger partial charge in [0.15, 0.2) is 0 Å². The normalized spacial score (nSPS) is 36.3. The first-order chi connectivity index (χ1) is 8.76. The summed E-state index contributed by atoms with van der Waals surface area (Å²) in [5, 5.41) is 3.96. The van der Waals surface area contributed by atoms with Gasteiger partial charge in [0.1, 0.15) is 0 Å². The standard InChI is InChI=1S/C16H29NO/c1-3-18-15-11-14(16(15)9-4-5-10-16)17-12(2)13-7-6-8-13/h12-15,17H,3-11H2,1-2H3. The molecule has 0 saturated heterocycles. The minimum atomic E-state index is 0.508. The van der Waals surface area contributed by atoms with E-state index in [9.17, 15) is 0 Å². The molecule has 0 aromatic heterocycles. The molecule has 18 heavy (non-hydrogen) atoms. The van der Waals surface area contributed by atoms with Crippen molar-refractivity contribution in [2.24, 2.45) is 11.3 Å². The zero-order valence-corrected chi connectivity index (χ0v) is 12.1. The lowest BCUT2D eigenvalue weighted by Gasteiger charge is -2.55. The summed E-state index contributed by atoms with van der Waals surface area (Å²) in [6.45, 7) is 5.43. The monoisotopic (exact) mass is 251 g/mol. The molecule has 3 fully saturated rings. The first-order valence-electron chi connectivity index (χ1n) is 8.14. The van der Waals surface area contributed by atoms with Crippen LogP contribution in [0.1, 0.15) is 65.2 Å². The SMILES string of the molecule is CCOC1CC(NC(C)C2CCC2)C12CCCC2. The summed E-state index contributed by atoms with van der Waals surface area (Å²) < 4.78 is 5.99. The third-order valence-corrected chi connectivity index (χ3v) is 6.01. The van der Waals surface area contributed by atoms with E-state index in [2.05, 4.69) is 19.2 Å². The fourth-order valence-electron chi connectivity index (χ4n) is 4.51. The highest BCUT2D eigenvalue weighted by molar-refractivity contribution is 5.10. The molecular weight excluding hydrogens is 222 g/mol. The molecule has 0 aliphatic heterocycles. The molecule has 0 heterocycles. The summed E-state index contributed by atoms with van der Waals surface area (Å²) in [7, 11) is 0. The Bertz CT molecular complexity index is 281. The molecule has 0 amide bonds. The van der Waals surface area contributed by atoms with Crippen LogP contribution in [0.5, 0.6) is 0 Å². The van der Waals surface area contributed by atoms with Crippen LogP contribution in [0.4, 0.5) is 0 Å². The van der Waals surface area contributed by atoms with Gasteiger partial charge in [-0.2, -0.15) is 0 Å². The maximum absolute atomic E-state index is 5.99. The third kappa shape index (κ3) is 2.02. The second kappa shape index (κ2) is 5.13. The summed E-state index contributed by atoms with van der Waals surface area (Å²) in [5.74, 6) is 0.953. The Labute approximate surface area is 112 Å². The molecule has 104 valence electrons. The van der Waals surface area contributed by atoms with Crippen molar-refractivity contribution in [2.75, 3.05) is 6.61 Å². The Morgan fingerprint density at radius 1 is 1.22 bits per heavy atom. The Kier molecular flexibility index (Phi) is 3.68. The van der Waals surface area contributed by atoms with E-state index in [1.807, 2.05) is 0 Å². The molecule has 3 atom stereocenters. The van der Waals surface area contributed by atoms with Crippen molar-refractivity contribution in [1.82, 2.24) is 5.32 Å². The van der Waals surface area contributed by atoms with Crippen LogP contribution in [-0.4, -0.2) is 24.8 Å². The van der Waals surface area contributed by atoms with Crippen LogP contribution in [0.25, 0.3) is 0 Å². The fraction of sp³-hybridized carbons (Fsp3) is 1.00. The molecule has 0 bridgehead atoms. The van der Waals surface area contributed by atoms with Crippen molar-refractivity contribution in [3.8, 4) is 0 Å². The van der Waals surface area contributed by atoms with Crippen molar-refractivity contribution in [3.63, 3.8) is 0 Å². The Morgan fingerprint density at radius 2 is 1.94 bits per heavy atom. The van der Waals surface area contributed by atoms with Gasteiger partial charge in [0, 0.05) is 24.1 Å². The van der Waals surface area contributed by atoms with E-state index in [0.717, 1.165) is 24.6 Å². The van der Waals surface area contributed by atoms with Crippen molar-refractivity contribution in [1.29, 1.82) is 0 Å². The van der Waals surface area contributed by atoms with Crippen molar-refractivity contribution in [2.45, 2.75) is 83.4 Å². The van der Waals surface area contributed by atoms with Crippen LogP contribution in [-0.2, 0) is 4.74 Å². The molecule has 1 spiro atoms. The summed E-state index contributed by atoms with van der Waals surface area (Å²) in [5.41, 5.74) is 0.508. The van der Waals surface area contributed by atoms with Gasteiger partial charge in [-0.05, 0) is 51.9 Å². The molecule has 3 saturated carbocycles. The molecule has 3 aliphatic carbocycles. The van der Waals surface area contributed by atoms with E-state index in [1.165, 1.54) is 51.4 Å².